The molecular formula is C12H14ClN3O. The number of rotatable bonds is 4. The molecule has 90 valence electrons. The molecule has 0 N–H and O–H groups in total. The van der Waals surface area contributed by atoms with E-state index in [4.69, 9.17) is 16.3 Å². The van der Waals surface area contributed by atoms with E-state index in [1.807, 2.05) is 28.8 Å². The average Bonchev–Trinajstić information content (AvgIpc) is 2.71. The van der Waals surface area contributed by atoms with Crippen molar-refractivity contribution in [2.45, 2.75) is 19.8 Å². The molecular weight excluding hydrogens is 238 g/mol. The van der Waals surface area contributed by atoms with Crippen LogP contribution in [0.15, 0.2) is 24.3 Å². The third-order valence-corrected chi connectivity index (χ3v) is 2.72. The first kappa shape index (κ1) is 11.9. The molecule has 1 heterocycles. The van der Waals surface area contributed by atoms with E-state index < -0.39 is 0 Å². The SMILES string of the molecule is CCCc1nnc(Cl)n1-c1cccc(OC)c1. The van der Waals surface area contributed by atoms with Crippen LogP contribution in [0.25, 0.3) is 5.69 Å². The van der Waals surface area contributed by atoms with Gasteiger partial charge in [0.1, 0.15) is 11.6 Å². The average molecular weight is 252 g/mol. The minimum atomic E-state index is 0.377. The molecule has 0 aliphatic rings. The minimum Gasteiger partial charge on any atom is -0.497 e. The van der Waals surface area contributed by atoms with Crippen LogP contribution in [0.1, 0.15) is 19.2 Å². The smallest absolute Gasteiger partial charge is 0.229 e. The Hall–Kier alpha value is -1.55. The highest BCUT2D eigenvalue weighted by Crippen LogP contribution is 2.21. The third-order valence-electron chi connectivity index (χ3n) is 2.48. The molecule has 0 atom stereocenters. The van der Waals surface area contributed by atoms with Crippen LogP contribution < -0.4 is 4.74 Å². The first-order valence-corrected chi connectivity index (χ1v) is 5.88. The van der Waals surface area contributed by atoms with E-state index >= 15 is 0 Å². The number of aryl methyl sites for hydroxylation is 1. The Bertz CT molecular complexity index is 510. The Morgan fingerprint density at radius 1 is 1.35 bits per heavy atom. The van der Waals surface area contributed by atoms with E-state index in [1.54, 1.807) is 7.11 Å². The number of halogens is 1. The summed E-state index contributed by atoms with van der Waals surface area (Å²) in [5, 5.41) is 8.36. The molecule has 0 fully saturated rings. The highest BCUT2D eigenvalue weighted by atomic mass is 35.5. The van der Waals surface area contributed by atoms with Crippen LogP contribution in [0.3, 0.4) is 0 Å². The summed E-state index contributed by atoms with van der Waals surface area (Å²) in [6.45, 7) is 2.10. The molecule has 5 heteroatoms. The normalized spacial score (nSPS) is 10.5. The molecule has 0 unspecified atom stereocenters. The Morgan fingerprint density at radius 3 is 2.88 bits per heavy atom. The van der Waals surface area contributed by atoms with Gasteiger partial charge in [-0.3, -0.25) is 4.57 Å². The highest BCUT2D eigenvalue weighted by molar-refractivity contribution is 6.28. The molecule has 0 amide bonds. The minimum absolute atomic E-state index is 0.377. The van der Waals surface area contributed by atoms with Gasteiger partial charge in [0.15, 0.2) is 0 Å². The summed E-state index contributed by atoms with van der Waals surface area (Å²) in [5.41, 5.74) is 0.919. The van der Waals surface area contributed by atoms with Crippen LogP contribution in [0.2, 0.25) is 5.28 Å². The zero-order valence-electron chi connectivity index (χ0n) is 9.85. The van der Waals surface area contributed by atoms with E-state index in [1.165, 1.54) is 0 Å². The van der Waals surface area contributed by atoms with Crippen LogP contribution in [-0.4, -0.2) is 21.9 Å². The largest absolute Gasteiger partial charge is 0.497 e. The van der Waals surface area contributed by atoms with Crippen molar-refractivity contribution in [1.29, 1.82) is 0 Å². The van der Waals surface area contributed by atoms with Crippen molar-refractivity contribution < 1.29 is 4.74 Å². The maximum atomic E-state index is 6.06. The topological polar surface area (TPSA) is 39.9 Å². The van der Waals surface area contributed by atoms with Crippen LogP contribution in [0.4, 0.5) is 0 Å². The fourth-order valence-electron chi connectivity index (χ4n) is 1.69. The van der Waals surface area contributed by atoms with Gasteiger partial charge in [-0.1, -0.05) is 13.0 Å². The molecule has 1 aromatic heterocycles. The van der Waals surface area contributed by atoms with Gasteiger partial charge in [0.25, 0.3) is 0 Å². The standard InChI is InChI=1S/C12H14ClN3O/c1-3-5-11-14-15-12(13)16(11)9-6-4-7-10(8-9)17-2/h4,6-8H,3,5H2,1-2H3. The van der Waals surface area contributed by atoms with Crippen molar-refractivity contribution in [2.24, 2.45) is 0 Å². The van der Waals surface area contributed by atoms with Crippen LogP contribution in [-0.2, 0) is 6.42 Å². The predicted molar refractivity (Wildman–Crippen MR) is 66.9 cm³/mol. The predicted octanol–water partition coefficient (Wildman–Crippen LogP) is 2.88. The molecule has 0 radical (unpaired) electrons. The zero-order valence-corrected chi connectivity index (χ0v) is 10.6. The van der Waals surface area contributed by atoms with Gasteiger partial charge in [0.05, 0.1) is 12.8 Å². The molecule has 0 aliphatic heterocycles. The monoisotopic (exact) mass is 251 g/mol. The molecule has 0 bridgehead atoms. The fraction of sp³-hybridized carbons (Fsp3) is 0.333. The Balaban J connectivity index is 2.47. The van der Waals surface area contributed by atoms with Gasteiger partial charge < -0.3 is 4.74 Å². The number of nitrogens with zero attached hydrogens (tertiary/aromatic N) is 3. The van der Waals surface area contributed by atoms with Gasteiger partial charge in [-0.25, -0.2) is 0 Å². The van der Waals surface area contributed by atoms with E-state index in [0.717, 1.165) is 30.1 Å². The molecule has 0 saturated heterocycles. The number of hydrogen-bond acceptors (Lipinski definition) is 3. The summed E-state index contributed by atoms with van der Waals surface area (Å²) >= 11 is 6.06. The molecule has 4 nitrogen and oxygen atoms in total. The summed E-state index contributed by atoms with van der Waals surface area (Å²) in [7, 11) is 1.64. The Kier molecular flexibility index (Phi) is 3.64. The van der Waals surface area contributed by atoms with Gasteiger partial charge in [-0.15, -0.1) is 10.2 Å². The molecule has 0 spiro atoms. The fourth-order valence-corrected chi connectivity index (χ4v) is 1.92. The maximum Gasteiger partial charge on any atom is 0.229 e. The molecule has 2 rings (SSSR count). The summed E-state index contributed by atoms with van der Waals surface area (Å²) < 4.78 is 7.04. The zero-order chi connectivity index (χ0) is 12.3. The van der Waals surface area contributed by atoms with Crippen LogP contribution in [0, 0.1) is 0 Å². The summed E-state index contributed by atoms with van der Waals surface area (Å²) in [5.74, 6) is 1.65. The quantitative estimate of drug-likeness (QED) is 0.839. The lowest BCUT2D eigenvalue weighted by Gasteiger charge is -2.08. The number of ether oxygens (including phenoxy) is 1. The Labute approximate surface area is 105 Å². The first-order valence-electron chi connectivity index (χ1n) is 5.50. The van der Waals surface area contributed by atoms with Gasteiger partial charge in [0, 0.05) is 12.5 Å². The lowest BCUT2D eigenvalue weighted by molar-refractivity contribution is 0.414. The van der Waals surface area contributed by atoms with Gasteiger partial charge in [0.2, 0.25) is 5.28 Å². The second-order valence-corrected chi connectivity index (χ2v) is 4.01. The lowest BCUT2D eigenvalue weighted by Crippen LogP contribution is -2.01. The van der Waals surface area contributed by atoms with Crippen molar-refractivity contribution >= 4 is 11.6 Å². The molecule has 0 saturated carbocycles. The van der Waals surface area contributed by atoms with E-state index in [9.17, 15) is 0 Å². The number of aromatic nitrogens is 3. The summed E-state index contributed by atoms with van der Waals surface area (Å²) in [6, 6.07) is 7.67. The molecule has 0 aliphatic carbocycles. The summed E-state index contributed by atoms with van der Waals surface area (Å²) in [4.78, 5) is 0. The third kappa shape index (κ3) is 2.42. The summed E-state index contributed by atoms with van der Waals surface area (Å²) in [6.07, 6.45) is 1.84. The van der Waals surface area contributed by atoms with Gasteiger partial charge >= 0.3 is 0 Å². The van der Waals surface area contributed by atoms with Crippen molar-refractivity contribution in [3.05, 3.63) is 35.4 Å². The number of hydrogen-bond donors (Lipinski definition) is 0. The van der Waals surface area contributed by atoms with Crippen LogP contribution in [0.5, 0.6) is 5.75 Å². The highest BCUT2D eigenvalue weighted by Gasteiger charge is 2.11. The molecule has 17 heavy (non-hydrogen) atoms. The van der Waals surface area contributed by atoms with Gasteiger partial charge in [-0.05, 0) is 30.2 Å². The second kappa shape index (κ2) is 5.19. The van der Waals surface area contributed by atoms with Crippen molar-refractivity contribution in [1.82, 2.24) is 14.8 Å². The van der Waals surface area contributed by atoms with Crippen molar-refractivity contribution in [3.63, 3.8) is 0 Å². The Morgan fingerprint density at radius 2 is 2.18 bits per heavy atom. The maximum absolute atomic E-state index is 6.06. The van der Waals surface area contributed by atoms with Gasteiger partial charge in [-0.2, -0.15) is 0 Å². The van der Waals surface area contributed by atoms with E-state index in [2.05, 4.69) is 17.1 Å². The van der Waals surface area contributed by atoms with E-state index in [0.29, 0.717) is 5.28 Å². The van der Waals surface area contributed by atoms with Crippen LogP contribution >= 0.6 is 11.6 Å². The first-order chi connectivity index (χ1) is 8.26. The number of benzene rings is 1. The van der Waals surface area contributed by atoms with Crippen molar-refractivity contribution in [2.75, 3.05) is 7.11 Å². The lowest BCUT2D eigenvalue weighted by atomic mass is 10.2. The molecule has 2 aromatic rings. The second-order valence-electron chi connectivity index (χ2n) is 3.67. The number of methoxy groups -OCH3 is 1. The molecule has 1 aromatic carbocycles. The van der Waals surface area contributed by atoms with E-state index in [-0.39, 0.29) is 0 Å². The van der Waals surface area contributed by atoms with Crippen molar-refractivity contribution in [3.8, 4) is 11.4 Å².